The minimum Gasteiger partial charge on any atom is -0.285 e. The molecule has 0 fully saturated rings. The fourth-order valence-electron chi connectivity index (χ4n) is 1.08. The zero-order chi connectivity index (χ0) is 9.64. The van der Waals surface area contributed by atoms with E-state index in [-0.39, 0.29) is 0 Å². The molecule has 0 aromatic carbocycles. The summed E-state index contributed by atoms with van der Waals surface area (Å²) in [4.78, 5) is 9.73. The van der Waals surface area contributed by atoms with Crippen molar-refractivity contribution in [2.45, 2.75) is 6.54 Å². The van der Waals surface area contributed by atoms with Crippen LogP contribution in [0.3, 0.4) is 0 Å². The minimum absolute atomic E-state index is 0.744. The first-order valence-corrected chi connectivity index (χ1v) is 5.26. The molecular formula is C11H10N2S. The van der Waals surface area contributed by atoms with Gasteiger partial charge in [0, 0.05) is 17.3 Å². The van der Waals surface area contributed by atoms with E-state index in [1.807, 2.05) is 24.3 Å². The maximum atomic E-state index is 4.31. The number of nitrogens with zero attached hydrogens (tertiary/aromatic N) is 2. The van der Waals surface area contributed by atoms with E-state index in [0.717, 1.165) is 12.2 Å². The Hall–Kier alpha value is -1.48. The van der Waals surface area contributed by atoms with E-state index in [9.17, 15) is 0 Å². The quantitative estimate of drug-likeness (QED) is 0.702. The Morgan fingerprint density at radius 2 is 2.29 bits per heavy atom. The SMILES string of the molecule is C(=NCc1cccs1)c1ccccn1. The van der Waals surface area contributed by atoms with Gasteiger partial charge in [0.2, 0.25) is 0 Å². The second-order valence-corrected chi connectivity index (χ2v) is 3.84. The van der Waals surface area contributed by atoms with Gasteiger partial charge in [-0.3, -0.25) is 9.98 Å². The van der Waals surface area contributed by atoms with E-state index < -0.39 is 0 Å². The molecule has 0 aliphatic carbocycles. The molecule has 0 aliphatic rings. The van der Waals surface area contributed by atoms with Gasteiger partial charge in [0.25, 0.3) is 0 Å². The Kier molecular flexibility index (Phi) is 3.03. The lowest BCUT2D eigenvalue weighted by atomic mass is 10.4. The van der Waals surface area contributed by atoms with Crippen LogP contribution in [0.1, 0.15) is 10.6 Å². The van der Waals surface area contributed by atoms with Crippen molar-refractivity contribution in [1.29, 1.82) is 0 Å². The molecule has 0 saturated carbocycles. The fraction of sp³-hybridized carbons (Fsp3) is 0.0909. The molecule has 0 saturated heterocycles. The van der Waals surface area contributed by atoms with Gasteiger partial charge in [0.05, 0.1) is 12.2 Å². The zero-order valence-corrected chi connectivity index (χ0v) is 8.45. The van der Waals surface area contributed by atoms with Crippen LogP contribution >= 0.6 is 11.3 Å². The van der Waals surface area contributed by atoms with Crippen LogP contribution in [0.2, 0.25) is 0 Å². The third-order valence-corrected chi connectivity index (χ3v) is 2.60. The van der Waals surface area contributed by atoms with E-state index in [2.05, 4.69) is 21.4 Å². The molecule has 2 aromatic heterocycles. The summed E-state index contributed by atoms with van der Waals surface area (Å²) in [7, 11) is 0. The van der Waals surface area contributed by atoms with Crippen molar-refractivity contribution in [3.05, 3.63) is 52.5 Å². The first kappa shape index (κ1) is 9.09. The highest BCUT2D eigenvalue weighted by atomic mass is 32.1. The van der Waals surface area contributed by atoms with Crippen LogP contribution in [-0.2, 0) is 6.54 Å². The Morgan fingerprint density at radius 1 is 1.29 bits per heavy atom. The number of aliphatic imine (C=N–C) groups is 1. The van der Waals surface area contributed by atoms with Crippen molar-refractivity contribution in [2.75, 3.05) is 0 Å². The van der Waals surface area contributed by atoms with E-state index in [0.29, 0.717) is 0 Å². The summed E-state index contributed by atoms with van der Waals surface area (Å²) in [6, 6.07) is 9.92. The molecular weight excluding hydrogens is 192 g/mol. The van der Waals surface area contributed by atoms with Crippen LogP contribution in [0, 0.1) is 0 Å². The van der Waals surface area contributed by atoms with Gasteiger partial charge < -0.3 is 0 Å². The summed E-state index contributed by atoms with van der Waals surface area (Å²) in [5.74, 6) is 0. The predicted molar refractivity (Wildman–Crippen MR) is 59.9 cm³/mol. The lowest BCUT2D eigenvalue weighted by Crippen LogP contribution is -1.85. The van der Waals surface area contributed by atoms with Crippen LogP contribution < -0.4 is 0 Å². The van der Waals surface area contributed by atoms with Gasteiger partial charge in [-0.1, -0.05) is 12.1 Å². The van der Waals surface area contributed by atoms with Crippen molar-refractivity contribution < 1.29 is 0 Å². The Bertz CT molecular complexity index is 392. The summed E-state index contributed by atoms with van der Waals surface area (Å²) in [5.41, 5.74) is 0.907. The Morgan fingerprint density at radius 3 is 3.00 bits per heavy atom. The average molecular weight is 202 g/mol. The lowest BCUT2D eigenvalue weighted by Gasteiger charge is -1.90. The highest BCUT2D eigenvalue weighted by molar-refractivity contribution is 7.09. The smallest absolute Gasteiger partial charge is 0.0807 e. The van der Waals surface area contributed by atoms with Gasteiger partial charge in [-0.05, 0) is 23.6 Å². The molecule has 0 radical (unpaired) electrons. The van der Waals surface area contributed by atoms with E-state index in [1.165, 1.54) is 4.88 Å². The molecule has 2 aromatic rings. The van der Waals surface area contributed by atoms with Gasteiger partial charge in [-0.2, -0.15) is 0 Å². The molecule has 70 valence electrons. The van der Waals surface area contributed by atoms with Gasteiger partial charge in [-0.15, -0.1) is 11.3 Å². The van der Waals surface area contributed by atoms with Crippen LogP contribution in [0.5, 0.6) is 0 Å². The molecule has 0 aliphatic heterocycles. The van der Waals surface area contributed by atoms with E-state index >= 15 is 0 Å². The maximum absolute atomic E-state index is 4.31. The zero-order valence-electron chi connectivity index (χ0n) is 7.63. The first-order valence-electron chi connectivity index (χ1n) is 4.38. The number of thiophene rings is 1. The monoisotopic (exact) mass is 202 g/mol. The molecule has 0 atom stereocenters. The summed E-state index contributed by atoms with van der Waals surface area (Å²) in [6.07, 6.45) is 3.58. The number of rotatable bonds is 3. The number of hydrogen-bond acceptors (Lipinski definition) is 3. The molecule has 14 heavy (non-hydrogen) atoms. The van der Waals surface area contributed by atoms with Crippen LogP contribution in [-0.4, -0.2) is 11.2 Å². The third kappa shape index (κ3) is 2.50. The van der Waals surface area contributed by atoms with Gasteiger partial charge in [-0.25, -0.2) is 0 Å². The summed E-state index contributed by atoms with van der Waals surface area (Å²) < 4.78 is 0. The fourth-order valence-corrected chi connectivity index (χ4v) is 1.72. The molecule has 0 amide bonds. The van der Waals surface area contributed by atoms with Gasteiger partial charge >= 0.3 is 0 Å². The number of aromatic nitrogens is 1. The lowest BCUT2D eigenvalue weighted by molar-refractivity contribution is 1.11. The van der Waals surface area contributed by atoms with Crippen molar-refractivity contribution in [2.24, 2.45) is 4.99 Å². The van der Waals surface area contributed by atoms with Crippen molar-refractivity contribution in [3.8, 4) is 0 Å². The molecule has 2 heterocycles. The first-order chi connectivity index (χ1) is 6.95. The molecule has 3 heteroatoms. The van der Waals surface area contributed by atoms with Crippen LogP contribution in [0.15, 0.2) is 46.9 Å². The average Bonchev–Trinajstić information content (AvgIpc) is 2.72. The van der Waals surface area contributed by atoms with E-state index in [4.69, 9.17) is 0 Å². The second kappa shape index (κ2) is 4.67. The van der Waals surface area contributed by atoms with Gasteiger partial charge in [0.1, 0.15) is 0 Å². The summed E-state index contributed by atoms with van der Waals surface area (Å²) >= 11 is 1.72. The third-order valence-electron chi connectivity index (χ3n) is 1.74. The summed E-state index contributed by atoms with van der Waals surface area (Å²) in [5, 5.41) is 2.06. The molecule has 0 bridgehead atoms. The Labute approximate surface area is 87.0 Å². The van der Waals surface area contributed by atoms with Crippen LogP contribution in [0.25, 0.3) is 0 Å². The largest absolute Gasteiger partial charge is 0.285 e. The highest BCUT2D eigenvalue weighted by Crippen LogP contribution is 2.09. The second-order valence-electron chi connectivity index (χ2n) is 2.80. The molecule has 0 unspecified atom stereocenters. The van der Waals surface area contributed by atoms with Crippen molar-refractivity contribution in [1.82, 2.24) is 4.98 Å². The molecule has 2 rings (SSSR count). The standard InChI is InChI=1S/C11H10N2S/c1-2-6-13-10(4-1)8-12-9-11-5-3-7-14-11/h1-8H,9H2. The minimum atomic E-state index is 0.744. The predicted octanol–water partition coefficient (Wildman–Crippen LogP) is 2.76. The number of hydrogen-bond donors (Lipinski definition) is 0. The number of pyridine rings is 1. The molecule has 2 nitrogen and oxygen atoms in total. The topological polar surface area (TPSA) is 25.2 Å². The molecule has 0 N–H and O–H groups in total. The molecule has 0 spiro atoms. The van der Waals surface area contributed by atoms with Crippen molar-refractivity contribution >= 4 is 17.6 Å². The Balaban J connectivity index is 1.96. The van der Waals surface area contributed by atoms with Gasteiger partial charge in [0.15, 0.2) is 0 Å². The summed E-state index contributed by atoms with van der Waals surface area (Å²) in [6.45, 7) is 0.744. The van der Waals surface area contributed by atoms with E-state index in [1.54, 1.807) is 23.7 Å². The van der Waals surface area contributed by atoms with Crippen LogP contribution in [0.4, 0.5) is 0 Å². The highest BCUT2D eigenvalue weighted by Gasteiger charge is 1.89. The normalized spacial score (nSPS) is 10.9. The van der Waals surface area contributed by atoms with Crippen molar-refractivity contribution in [3.63, 3.8) is 0 Å². The maximum Gasteiger partial charge on any atom is 0.0807 e.